The lowest BCUT2D eigenvalue weighted by Gasteiger charge is -2.10. The Morgan fingerprint density at radius 2 is 1.89 bits per heavy atom. The van der Waals surface area contributed by atoms with Crippen LogP contribution in [0.15, 0.2) is 38.5 Å². The van der Waals surface area contributed by atoms with E-state index in [9.17, 15) is 29.7 Å². The molecule has 1 aromatic heterocycles. The number of aliphatic hydroxyl groups excluding tert-OH is 2. The van der Waals surface area contributed by atoms with Gasteiger partial charge in [-0.05, 0) is 32.0 Å². The van der Waals surface area contributed by atoms with E-state index in [0.717, 1.165) is 6.92 Å². The van der Waals surface area contributed by atoms with Crippen molar-refractivity contribution in [3.63, 3.8) is 0 Å². The predicted octanol–water partition coefficient (Wildman–Crippen LogP) is 0.686. The molecular formula is C18H18N2O8. The van der Waals surface area contributed by atoms with E-state index >= 15 is 0 Å². The third kappa shape index (κ3) is 4.42. The largest absolute Gasteiger partial charge is 0.506 e. The van der Waals surface area contributed by atoms with Gasteiger partial charge in [0.1, 0.15) is 16.9 Å². The molecule has 1 unspecified atom stereocenters. The highest BCUT2D eigenvalue weighted by molar-refractivity contribution is 6.07. The van der Waals surface area contributed by atoms with Crippen molar-refractivity contribution in [2.45, 2.75) is 20.0 Å². The Bertz CT molecular complexity index is 1010. The summed E-state index contributed by atoms with van der Waals surface area (Å²) < 4.78 is 4.59. The first-order valence-electron chi connectivity index (χ1n) is 8.01. The molecule has 0 aliphatic heterocycles. The molecule has 1 heterocycles. The lowest BCUT2D eigenvalue weighted by molar-refractivity contribution is -0.125. The molecule has 10 heteroatoms. The van der Waals surface area contributed by atoms with Crippen LogP contribution in [0.25, 0.3) is 0 Å². The molecule has 0 fully saturated rings. The van der Waals surface area contributed by atoms with Crippen LogP contribution in [0.5, 0.6) is 11.7 Å². The van der Waals surface area contributed by atoms with Gasteiger partial charge in [0, 0.05) is 5.69 Å². The van der Waals surface area contributed by atoms with Gasteiger partial charge in [0.25, 0.3) is 11.9 Å². The molecule has 5 N–H and O–H groups in total. The van der Waals surface area contributed by atoms with E-state index in [2.05, 4.69) is 14.7 Å². The molecule has 2 rings (SSSR count). The Morgan fingerprint density at radius 1 is 1.21 bits per heavy atom. The number of aromatic hydroxyl groups is 2. The zero-order valence-corrected chi connectivity index (χ0v) is 15.0. The molecule has 1 aromatic carbocycles. The number of aliphatic hydroxyl groups is 2. The van der Waals surface area contributed by atoms with Crippen molar-refractivity contribution in [3.8, 4) is 11.7 Å². The smallest absolute Gasteiger partial charge is 0.351 e. The van der Waals surface area contributed by atoms with Crippen molar-refractivity contribution in [1.82, 2.24) is 0 Å². The minimum Gasteiger partial charge on any atom is -0.506 e. The lowest BCUT2D eigenvalue weighted by atomic mass is 10.1. The Kier molecular flexibility index (Phi) is 6.29. The third-order valence-corrected chi connectivity index (χ3v) is 3.68. The molecule has 10 nitrogen and oxygen atoms in total. The van der Waals surface area contributed by atoms with E-state index in [1.165, 1.54) is 31.2 Å². The number of Topliss-reactive ketones (excluding diaryl/α,β-unsaturated/α-hetero) is 1. The number of benzene rings is 1. The van der Waals surface area contributed by atoms with Crippen molar-refractivity contribution in [2.75, 3.05) is 11.9 Å². The molecule has 0 saturated heterocycles. The second kappa shape index (κ2) is 8.46. The first-order valence-corrected chi connectivity index (χ1v) is 8.01. The molecule has 0 radical (unpaired) electrons. The number of anilines is 1. The minimum atomic E-state index is -1.59. The molecule has 0 saturated carbocycles. The number of nitrogens with zero attached hydrogens (tertiary/aromatic N) is 1. The lowest BCUT2D eigenvalue weighted by Crippen LogP contribution is -2.30. The fourth-order valence-corrected chi connectivity index (χ4v) is 2.36. The molecule has 1 amide bonds. The number of rotatable bonds is 6. The minimum absolute atomic E-state index is 0.00683. The summed E-state index contributed by atoms with van der Waals surface area (Å²) in [6.07, 6.45) is -1.59. The van der Waals surface area contributed by atoms with Crippen LogP contribution >= 0.6 is 0 Å². The standard InChI is InChI=1S/C18H18N2O8/c1-8(13-15(24)14(9(2)22)18(27)28-17(13)26)19-10-4-3-5-11(6-10)20-16(25)12(23)7-21/h3-6,12,21,23-24,27H,7H2,1-2H3,(H,20,25). The second-order valence-electron chi connectivity index (χ2n) is 5.78. The molecule has 28 heavy (non-hydrogen) atoms. The molecule has 0 spiro atoms. The number of amides is 1. The number of hydrogen-bond acceptors (Lipinski definition) is 9. The summed E-state index contributed by atoms with van der Waals surface area (Å²) in [6, 6.07) is 5.99. The monoisotopic (exact) mass is 390 g/mol. The van der Waals surface area contributed by atoms with Crippen LogP contribution in [0.2, 0.25) is 0 Å². The zero-order valence-electron chi connectivity index (χ0n) is 15.0. The van der Waals surface area contributed by atoms with Gasteiger partial charge < -0.3 is 30.2 Å². The van der Waals surface area contributed by atoms with Crippen molar-refractivity contribution in [1.29, 1.82) is 0 Å². The number of carbonyl (C=O) groups excluding carboxylic acids is 2. The summed E-state index contributed by atoms with van der Waals surface area (Å²) in [7, 11) is 0. The second-order valence-corrected chi connectivity index (χ2v) is 5.78. The molecule has 0 bridgehead atoms. The predicted molar refractivity (Wildman–Crippen MR) is 98.3 cm³/mol. The summed E-state index contributed by atoms with van der Waals surface area (Å²) in [5, 5.41) is 40.2. The van der Waals surface area contributed by atoms with E-state index < -0.39 is 52.8 Å². The van der Waals surface area contributed by atoms with Gasteiger partial charge in [-0.15, -0.1) is 0 Å². The Balaban J connectivity index is 2.43. The topological polar surface area (TPSA) is 170 Å². The summed E-state index contributed by atoms with van der Waals surface area (Å²) >= 11 is 0. The van der Waals surface area contributed by atoms with E-state index in [-0.39, 0.29) is 17.1 Å². The average molecular weight is 390 g/mol. The molecule has 0 aliphatic carbocycles. The van der Waals surface area contributed by atoms with E-state index in [1.54, 1.807) is 0 Å². The van der Waals surface area contributed by atoms with Gasteiger partial charge in [-0.25, -0.2) is 4.79 Å². The van der Waals surface area contributed by atoms with Crippen molar-refractivity contribution in [2.24, 2.45) is 4.99 Å². The maximum Gasteiger partial charge on any atom is 0.351 e. The van der Waals surface area contributed by atoms with Crippen LogP contribution in [0.4, 0.5) is 11.4 Å². The Hall–Kier alpha value is -3.50. The number of aliphatic imine (C=N–C) groups is 1. The molecule has 1 atom stereocenters. The van der Waals surface area contributed by atoms with Gasteiger partial charge in [-0.1, -0.05) is 6.07 Å². The van der Waals surface area contributed by atoms with Crippen molar-refractivity contribution < 1.29 is 34.4 Å². The van der Waals surface area contributed by atoms with Crippen molar-refractivity contribution in [3.05, 3.63) is 45.8 Å². The zero-order chi connectivity index (χ0) is 21.0. The van der Waals surface area contributed by atoms with Crippen molar-refractivity contribution >= 4 is 28.8 Å². The first kappa shape index (κ1) is 20.8. The summed E-state index contributed by atoms with van der Waals surface area (Å²) in [5.74, 6) is -3.26. The summed E-state index contributed by atoms with van der Waals surface area (Å²) in [5.41, 5.74) is -1.50. The van der Waals surface area contributed by atoms with E-state index in [1.807, 2.05) is 0 Å². The van der Waals surface area contributed by atoms with Crippen LogP contribution in [0.1, 0.15) is 29.8 Å². The van der Waals surface area contributed by atoms with Crippen LogP contribution in [0, 0.1) is 0 Å². The van der Waals surface area contributed by atoms with Crippen LogP contribution in [-0.4, -0.2) is 50.5 Å². The fourth-order valence-electron chi connectivity index (χ4n) is 2.36. The highest BCUT2D eigenvalue weighted by Crippen LogP contribution is 2.29. The third-order valence-electron chi connectivity index (χ3n) is 3.68. The highest BCUT2D eigenvalue weighted by Gasteiger charge is 2.24. The Morgan fingerprint density at radius 3 is 2.50 bits per heavy atom. The molecule has 0 aliphatic rings. The highest BCUT2D eigenvalue weighted by atomic mass is 16.5. The maximum absolute atomic E-state index is 12.0. The van der Waals surface area contributed by atoms with Gasteiger partial charge in [-0.2, -0.15) is 0 Å². The normalized spacial score (nSPS) is 12.5. The number of ketones is 1. The van der Waals surface area contributed by atoms with E-state index in [0.29, 0.717) is 0 Å². The Labute approximate surface area is 158 Å². The van der Waals surface area contributed by atoms with Gasteiger partial charge in [0.2, 0.25) is 0 Å². The molecule has 148 valence electrons. The van der Waals surface area contributed by atoms with Gasteiger partial charge in [0.05, 0.1) is 18.0 Å². The summed E-state index contributed by atoms with van der Waals surface area (Å²) in [6.45, 7) is 1.73. The van der Waals surface area contributed by atoms with Gasteiger partial charge >= 0.3 is 5.63 Å². The maximum atomic E-state index is 12.0. The number of nitrogens with one attached hydrogen (secondary N) is 1. The van der Waals surface area contributed by atoms with Crippen LogP contribution in [0.3, 0.4) is 0 Å². The van der Waals surface area contributed by atoms with Crippen LogP contribution in [-0.2, 0) is 4.79 Å². The number of hydrogen-bond donors (Lipinski definition) is 5. The SMILES string of the molecule is CC(=O)c1c(O)oc(=O)c(C(C)=Nc2cccc(NC(=O)C(O)CO)c2)c1O. The number of carbonyl (C=O) groups is 2. The van der Waals surface area contributed by atoms with E-state index in [4.69, 9.17) is 5.11 Å². The van der Waals surface area contributed by atoms with Gasteiger partial charge in [0.15, 0.2) is 11.9 Å². The first-order chi connectivity index (χ1) is 13.1. The van der Waals surface area contributed by atoms with Crippen LogP contribution < -0.4 is 10.9 Å². The molecule has 2 aromatic rings. The molecular weight excluding hydrogens is 372 g/mol. The average Bonchev–Trinajstić information content (AvgIpc) is 2.60. The fraction of sp³-hybridized carbons (Fsp3) is 0.222. The quantitative estimate of drug-likeness (QED) is 0.354. The van der Waals surface area contributed by atoms with Gasteiger partial charge in [-0.3, -0.25) is 14.6 Å². The summed E-state index contributed by atoms with van der Waals surface area (Å²) in [4.78, 5) is 39.3.